The van der Waals surface area contributed by atoms with Crippen LogP contribution in [-0.4, -0.2) is 22.8 Å². The molecule has 0 spiro atoms. The predicted molar refractivity (Wildman–Crippen MR) is 86.7 cm³/mol. The van der Waals surface area contributed by atoms with Crippen molar-refractivity contribution in [1.82, 2.24) is 5.32 Å². The zero-order chi connectivity index (χ0) is 17.3. The molecule has 0 aromatic rings. The van der Waals surface area contributed by atoms with Gasteiger partial charge in [-0.25, -0.2) is 0 Å². The first-order valence-corrected chi connectivity index (χ1v) is 9.03. The molecular weight excluding hydrogens is 306 g/mol. The number of ketones is 1. The third kappa shape index (κ3) is 1.90. The minimum Gasteiger partial charge on any atom is -0.481 e. The summed E-state index contributed by atoms with van der Waals surface area (Å²) in [6, 6.07) is 0. The van der Waals surface area contributed by atoms with Gasteiger partial charge in [0.15, 0.2) is 0 Å². The van der Waals surface area contributed by atoms with Crippen LogP contribution in [0.3, 0.4) is 0 Å². The van der Waals surface area contributed by atoms with E-state index in [2.05, 4.69) is 18.3 Å². The van der Waals surface area contributed by atoms with Crippen LogP contribution in [0.1, 0.15) is 52.4 Å². The molecule has 5 heteroatoms. The zero-order valence-electron chi connectivity index (χ0n) is 14.3. The number of amides is 1. The number of carboxylic acid groups (broad SMARTS) is 1. The molecule has 0 aromatic carbocycles. The summed E-state index contributed by atoms with van der Waals surface area (Å²) in [5.74, 6) is -0.499. The fraction of sp³-hybridized carbons (Fsp3) is 0.737. The van der Waals surface area contributed by atoms with Crippen molar-refractivity contribution in [3.8, 4) is 0 Å². The maximum atomic E-state index is 13.2. The largest absolute Gasteiger partial charge is 0.481 e. The van der Waals surface area contributed by atoms with Crippen molar-refractivity contribution in [1.29, 1.82) is 0 Å². The van der Waals surface area contributed by atoms with E-state index >= 15 is 0 Å². The Bertz CT molecular complexity index is 668. The van der Waals surface area contributed by atoms with Gasteiger partial charge in [-0.2, -0.15) is 0 Å². The van der Waals surface area contributed by atoms with Crippen LogP contribution in [-0.2, 0) is 14.4 Å². The summed E-state index contributed by atoms with van der Waals surface area (Å²) in [5, 5.41) is 12.6. The van der Waals surface area contributed by atoms with Crippen LogP contribution in [0.4, 0.5) is 0 Å². The second-order valence-corrected chi connectivity index (χ2v) is 8.68. The average molecular weight is 331 g/mol. The molecule has 130 valence electrons. The van der Waals surface area contributed by atoms with Crippen molar-refractivity contribution in [2.45, 2.75) is 52.4 Å². The van der Waals surface area contributed by atoms with E-state index in [9.17, 15) is 19.5 Å². The fourth-order valence-corrected chi connectivity index (χ4v) is 6.44. The van der Waals surface area contributed by atoms with E-state index in [1.54, 1.807) is 0 Å². The Kier molecular flexibility index (Phi) is 3.26. The first-order chi connectivity index (χ1) is 11.3. The quantitative estimate of drug-likeness (QED) is 0.773. The van der Waals surface area contributed by atoms with Crippen LogP contribution in [0.15, 0.2) is 11.8 Å². The topological polar surface area (TPSA) is 83.5 Å². The summed E-state index contributed by atoms with van der Waals surface area (Å²) in [7, 11) is 0. The molecular formula is C19H25NO4. The average Bonchev–Trinajstić information content (AvgIpc) is 2.84. The SMILES string of the molecule is CC12CCC(=O)NC1=CCC1C2C(=O)CC2(C)C(C(=O)O)CCC12. The fourth-order valence-electron chi connectivity index (χ4n) is 6.44. The van der Waals surface area contributed by atoms with Gasteiger partial charge in [0, 0.05) is 29.9 Å². The molecule has 2 saturated carbocycles. The van der Waals surface area contributed by atoms with Crippen LogP contribution in [0, 0.1) is 34.5 Å². The van der Waals surface area contributed by atoms with E-state index < -0.39 is 17.3 Å². The number of carbonyl (C=O) groups is 3. The van der Waals surface area contributed by atoms with Crippen LogP contribution < -0.4 is 5.32 Å². The Morgan fingerprint density at radius 1 is 1.29 bits per heavy atom. The van der Waals surface area contributed by atoms with Gasteiger partial charge < -0.3 is 10.4 Å². The molecule has 6 atom stereocenters. The molecule has 24 heavy (non-hydrogen) atoms. The van der Waals surface area contributed by atoms with Gasteiger partial charge >= 0.3 is 5.97 Å². The summed E-state index contributed by atoms with van der Waals surface area (Å²) in [5.41, 5.74) is 0.213. The molecule has 4 aliphatic rings. The van der Waals surface area contributed by atoms with Crippen molar-refractivity contribution in [3.63, 3.8) is 0 Å². The van der Waals surface area contributed by atoms with Crippen molar-refractivity contribution in [3.05, 3.63) is 11.8 Å². The normalized spacial score (nSPS) is 47.2. The summed E-state index contributed by atoms with van der Waals surface area (Å²) in [4.78, 5) is 36.6. The molecule has 3 fully saturated rings. The number of carbonyl (C=O) groups excluding carboxylic acids is 2. The Morgan fingerprint density at radius 3 is 2.75 bits per heavy atom. The number of fused-ring (bicyclic) bond motifs is 5. The lowest BCUT2D eigenvalue weighted by molar-refractivity contribution is -0.154. The Morgan fingerprint density at radius 2 is 2.04 bits per heavy atom. The van der Waals surface area contributed by atoms with E-state index in [-0.39, 0.29) is 34.9 Å². The molecule has 0 aromatic heterocycles. The Hall–Kier alpha value is -1.65. The number of aliphatic carboxylic acids is 1. The molecule has 4 rings (SSSR count). The van der Waals surface area contributed by atoms with Gasteiger partial charge in [-0.3, -0.25) is 14.4 Å². The van der Waals surface area contributed by atoms with Crippen LogP contribution >= 0.6 is 0 Å². The summed E-state index contributed by atoms with van der Waals surface area (Å²) < 4.78 is 0. The highest BCUT2D eigenvalue weighted by Crippen LogP contribution is 2.64. The van der Waals surface area contributed by atoms with Crippen LogP contribution in [0.5, 0.6) is 0 Å². The zero-order valence-corrected chi connectivity index (χ0v) is 14.3. The lowest BCUT2D eigenvalue weighted by Gasteiger charge is -2.55. The lowest BCUT2D eigenvalue weighted by atomic mass is 9.48. The smallest absolute Gasteiger partial charge is 0.307 e. The van der Waals surface area contributed by atoms with Crippen molar-refractivity contribution >= 4 is 17.7 Å². The van der Waals surface area contributed by atoms with Crippen molar-refractivity contribution in [2.75, 3.05) is 0 Å². The number of hydrogen-bond acceptors (Lipinski definition) is 3. The maximum Gasteiger partial charge on any atom is 0.307 e. The molecule has 1 heterocycles. The van der Waals surface area contributed by atoms with E-state index in [0.29, 0.717) is 25.7 Å². The van der Waals surface area contributed by atoms with Crippen molar-refractivity contribution < 1.29 is 19.5 Å². The second-order valence-electron chi connectivity index (χ2n) is 8.68. The first-order valence-electron chi connectivity index (χ1n) is 9.03. The van der Waals surface area contributed by atoms with Gasteiger partial charge in [0.05, 0.1) is 5.92 Å². The first kappa shape index (κ1) is 15.9. The minimum absolute atomic E-state index is 0.0390. The summed E-state index contributed by atoms with van der Waals surface area (Å²) in [6.07, 6.45) is 5.99. The molecule has 2 N–H and O–H groups in total. The van der Waals surface area contributed by atoms with E-state index in [1.165, 1.54) is 0 Å². The molecule has 3 aliphatic carbocycles. The second kappa shape index (κ2) is 4.93. The molecule has 0 radical (unpaired) electrons. The van der Waals surface area contributed by atoms with Gasteiger partial charge in [0.1, 0.15) is 5.78 Å². The van der Waals surface area contributed by atoms with E-state index in [1.807, 2.05) is 6.92 Å². The molecule has 1 amide bonds. The molecule has 6 unspecified atom stereocenters. The van der Waals surface area contributed by atoms with Gasteiger partial charge in [-0.15, -0.1) is 0 Å². The number of nitrogens with one attached hydrogen (secondary N) is 1. The molecule has 0 bridgehead atoms. The summed E-state index contributed by atoms with van der Waals surface area (Å²) >= 11 is 0. The highest BCUT2D eigenvalue weighted by molar-refractivity contribution is 5.87. The van der Waals surface area contributed by atoms with E-state index in [4.69, 9.17) is 0 Å². The number of carboxylic acids is 1. The van der Waals surface area contributed by atoms with Gasteiger partial charge in [0.2, 0.25) is 5.91 Å². The van der Waals surface area contributed by atoms with Gasteiger partial charge in [-0.1, -0.05) is 19.9 Å². The van der Waals surface area contributed by atoms with Crippen molar-refractivity contribution in [2.24, 2.45) is 34.5 Å². The predicted octanol–water partition coefficient (Wildman–Crippen LogP) is 2.51. The number of piperidine rings is 1. The molecule has 5 nitrogen and oxygen atoms in total. The standard InChI is InChI=1S/C19H25NO4/c1-18-8-7-15(22)20-14(18)6-3-10-11-4-5-12(17(23)24)19(11,2)9-13(21)16(10)18/h6,10-12,16H,3-5,7-9H2,1-2H3,(H,20,22)(H,23,24). The monoisotopic (exact) mass is 331 g/mol. The van der Waals surface area contributed by atoms with E-state index in [0.717, 1.165) is 18.5 Å². The third-order valence-corrected chi connectivity index (χ3v) is 7.60. The van der Waals surface area contributed by atoms with Crippen LogP contribution in [0.25, 0.3) is 0 Å². The number of rotatable bonds is 1. The number of allylic oxidation sites excluding steroid dienone is 2. The highest BCUT2D eigenvalue weighted by atomic mass is 16.4. The minimum atomic E-state index is -0.755. The maximum absolute atomic E-state index is 13.2. The number of Topliss-reactive ketones (excluding diaryl/α,β-unsaturated/α-hetero) is 1. The van der Waals surface area contributed by atoms with Gasteiger partial charge in [-0.05, 0) is 42.9 Å². The lowest BCUT2D eigenvalue weighted by Crippen LogP contribution is -2.57. The summed E-state index contributed by atoms with van der Waals surface area (Å²) in [6.45, 7) is 4.13. The Labute approximate surface area is 141 Å². The Balaban J connectivity index is 1.74. The molecule has 1 aliphatic heterocycles. The third-order valence-electron chi connectivity index (χ3n) is 7.60. The van der Waals surface area contributed by atoms with Gasteiger partial charge in [0.25, 0.3) is 0 Å². The van der Waals surface area contributed by atoms with Crippen LogP contribution in [0.2, 0.25) is 0 Å². The number of hydrogen-bond donors (Lipinski definition) is 2. The highest BCUT2D eigenvalue weighted by Gasteiger charge is 2.63. The molecule has 1 saturated heterocycles.